The van der Waals surface area contributed by atoms with E-state index in [0.717, 1.165) is 13.8 Å². The van der Waals surface area contributed by atoms with Crippen molar-refractivity contribution in [1.82, 2.24) is 5.32 Å². The zero-order valence-corrected chi connectivity index (χ0v) is 35.2. The number of fused-ring (bicyclic) bond motifs is 5. The number of carbonyl (C=O) groups excluding carboxylic acids is 6. The molecule has 3 aromatic carbocycles. The van der Waals surface area contributed by atoms with Crippen molar-refractivity contribution in [3.05, 3.63) is 119 Å². The minimum atomic E-state index is -2.39. The average Bonchev–Trinajstić information content (AvgIpc) is 3.24. The van der Waals surface area contributed by atoms with Gasteiger partial charge in [0.05, 0.1) is 35.6 Å². The number of esters is 4. The van der Waals surface area contributed by atoms with Crippen molar-refractivity contribution in [2.75, 3.05) is 6.61 Å². The maximum Gasteiger partial charge on any atom is 0.338 e. The molecular formula is C47H51NO14. The van der Waals surface area contributed by atoms with Gasteiger partial charge in [0.1, 0.15) is 23.9 Å². The fourth-order valence-electron chi connectivity index (χ4n) is 10.2. The summed E-state index contributed by atoms with van der Waals surface area (Å²) in [5, 5.41) is 40.2. The summed E-state index contributed by atoms with van der Waals surface area (Å²) in [5.74, 6) is -6.84. The molecule has 62 heavy (non-hydrogen) atoms. The van der Waals surface area contributed by atoms with E-state index in [0.29, 0.717) is 5.56 Å². The second-order valence-corrected chi connectivity index (χ2v) is 17.4. The molecule has 3 aliphatic carbocycles. The van der Waals surface area contributed by atoms with Gasteiger partial charge in [-0.05, 0) is 54.8 Å². The molecule has 7 rings (SSSR count). The van der Waals surface area contributed by atoms with Gasteiger partial charge in [0.2, 0.25) is 0 Å². The van der Waals surface area contributed by atoms with Crippen LogP contribution < -0.4 is 5.32 Å². The Hall–Kier alpha value is -5.74. The van der Waals surface area contributed by atoms with Crippen LogP contribution in [-0.2, 0) is 42.9 Å². The van der Waals surface area contributed by atoms with Crippen molar-refractivity contribution in [2.45, 2.75) is 108 Å². The Kier molecular flexibility index (Phi) is 11.8. The van der Waals surface area contributed by atoms with Crippen molar-refractivity contribution in [1.29, 1.82) is 0 Å². The summed E-state index contributed by atoms with van der Waals surface area (Å²) in [4.78, 5) is 83.5. The van der Waals surface area contributed by atoms with Gasteiger partial charge in [-0.25, -0.2) is 9.59 Å². The number of benzene rings is 3. The maximum absolute atomic E-state index is 15.5. The Labute approximate surface area is 358 Å². The molecule has 1 saturated heterocycles. The first kappa shape index (κ1) is 44.3. The standard InChI is InChI=1S/C47H51NO14/c1-25-31(60-43(56)36(52)35(28-16-10-7-11-17-28)48-41(54)29-18-12-8-13-19-29)23-47(57)40(61-42(55)30-20-14-9-15-21-30)38-45(6,32(51)22-33-46(38,24-58-33)62-27(3)50)39(53)37(59-26(2)49)34(25)44(47,4)5/h7-21,31-33,35-38,40,51-52,57H,22-24H2,1-6H3,(H,48,54)/t31-,32+,33-,35+,36+,37-,38?,40-,45-,46+,47-/m1/s1. The summed E-state index contributed by atoms with van der Waals surface area (Å²) >= 11 is 0. The number of ether oxygens (including phenoxy) is 5. The maximum atomic E-state index is 15.5. The van der Waals surface area contributed by atoms with Gasteiger partial charge >= 0.3 is 23.9 Å². The van der Waals surface area contributed by atoms with Gasteiger partial charge in [0.15, 0.2) is 23.6 Å². The smallest absolute Gasteiger partial charge is 0.338 e. The number of carbonyl (C=O) groups is 6. The highest BCUT2D eigenvalue weighted by Gasteiger charge is 2.78. The van der Waals surface area contributed by atoms with Crippen LogP contribution in [0.4, 0.5) is 0 Å². The van der Waals surface area contributed by atoms with Gasteiger partial charge in [0, 0.05) is 37.7 Å². The lowest BCUT2D eigenvalue weighted by Crippen LogP contribution is -2.82. The van der Waals surface area contributed by atoms with Crippen LogP contribution in [0.5, 0.6) is 0 Å². The highest BCUT2D eigenvalue weighted by molar-refractivity contribution is 5.96. The first-order chi connectivity index (χ1) is 29.3. The van der Waals surface area contributed by atoms with E-state index < -0.39 is 113 Å². The minimum absolute atomic E-state index is 0.00289. The van der Waals surface area contributed by atoms with E-state index in [1.54, 1.807) is 92.7 Å². The molecule has 11 atom stereocenters. The summed E-state index contributed by atoms with van der Waals surface area (Å²) in [6, 6.07) is 22.9. The fourth-order valence-corrected chi connectivity index (χ4v) is 10.2. The van der Waals surface area contributed by atoms with E-state index in [1.165, 1.54) is 26.0 Å². The summed E-state index contributed by atoms with van der Waals surface area (Å²) < 4.78 is 30.3. The number of Topliss-reactive ketones (excluding diaryl/α,β-unsaturated/α-hetero) is 1. The predicted molar refractivity (Wildman–Crippen MR) is 218 cm³/mol. The van der Waals surface area contributed by atoms with Gasteiger partial charge in [0.25, 0.3) is 5.91 Å². The van der Waals surface area contributed by atoms with Crippen LogP contribution in [0, 0.1) is 16.7 Å². The Morgan fingerprint density at radius 1 is 0.823 bits per heavy atom. The highest BCUT2D eigenvalue weighted by Crippen LogP contribution is 2.64. The van der Waals surface area contributed by atoms with Crippen molar-refractivity contribution < 1.29 is 67.8 Å². The van der Waals surface area contributed by atoms with Crippen LogP contribution in [0.25, 0.3) is 0 Å². The molecule has 3 fully saturated rings. The van der Waals surface area contributed by atoms with Crippen LogP contribution in [-0.4, -0.2) is 105 Å². The fraction of sp³-hybridized carbons (Fsp3) is 0.447. The topological polar surface area (TPSA) is 221 Å². The zero-order valence-electron chi connectivity index (χ0n) is 35.2. The number of hydrogen-bond donors (Lipinski definition) is 4. The summed E-state index contributed by atoms with van der Waals surface area (Å²) in [5.41, 5.74) is -7.02. The van der Waals surface area contributed by atoms with Crippen molar-refractivity contribution in [2.24, 2.45) is 16.7 Å². The number of rotatable bonds is 10. The quantitative estimate of drug-likeness (QED) is 0.130. The van der Waals surface area contributed by atoms with Crippen LogP contribution in [0.2, 0.25) is 0 Å². The third-order valence-electron chi connectivity index (χ3n) is 13.5. The van der Waals surface area contributed by atoms with Gasteiger partial charge < -0.3 is 44.3 Å². The molecule has 2 saturated carbocycles. The molecule has 1 heterocycles. The summed E-state index contributed by atoms with van der Waals surface area (Å²) in [6.07, 6.45) is -10.5. The predicted octanol–water partition coefficient (Wildman–Crippen LogP) is 3.74. The zero-order chi connectivity index (χ0) is 44.9. The third kappa shape index (κ3) is 7.29. The van der Waals surface area contributed by atoms with E-state index in [1.807, 2.05) is 0 Å². The van der Waals surface area contributed by atoms with Gasteiger partial charge in [-0.3, -0.25) is 19.2 Å². The molecule has 0 spiro atoms. The molecule has 0 radical (unpaired) electrons. The second-order valence-electron chi connectivity index (χ2n) is 17.4. The lowest BCUT2D eigenvalue weighted by Gasteiger charge is -2.67. The van der Waals surface area contributed by atoms with Gasteiger partial charge in [-0.15, -0.1) is 0 Å². The summed E-state index contributed by atoms with van der Waals surface area (Å²) in [6.45, 7) is 7.97. The Balaban J connectivity index is 1.39. The first-order valence-electron chi connectivity index (χ1n) is 20.5. The minimum Gasteiger partial charge on any atom is -0.456 e. The molecule has 1 aliphatic heterocycles. The van der Waals surface area contributed by atoms with Gasteiger partial charge in [-0.1, -0.05) is 80.6 Å². The molecule has 4 N–H and O–H groups in total. The van der Waals surface area contributed by atoms with Crippen LogP contribution in [0.3, 0.4) is 0 Å². The molecule has 3 aromatic rings. The van der Waals surface area contributed by atoms with E-state index in [-0.39, 0.29) is 35.3 Å². The molecular weight excluding hydrogens is 803 g/mol. The van der Waals surface area contributed by atoms with Crippen LogP contribution in [0.1, 0.15) is 86.7 Å². The highest BCUT2D eigenvalue weighted by atomic mass is 16.6. The number of aliphatic hydroxyl groups excluding tert-OH is 2. The molecule has 0 aromatic heterocycles. The monoisotopic (exact) mass is 853 g/mol. The largest absolute Gasteiger partial charge is 0.456 e. The molecule has 328 valence electrons. The number of amides is 1. The average molecular weight is 854 g/mol. The van der Waals surface area contributed by atoms with Crippen molar-refractivity contribution >= 4 is 35.6 Å². The van der Waals surface area contributed by atoms with E-state index in [2.05, 4.69) is 5.32 Å². The van der Waals surface area contributed by atoms with Gasteiger partial charge in [-0.2, -0.15) is 0 Å². The number of aliphatic hydroxyl groups is 3. The molecule has 1 unspecified atom stereocenters. The number of ketones is 1. The number of nitrogens with one attached hydrogen (secondary N) is 1. The molecule has 1 amide bonds. The molecule has 2 bridgehead atoms. The Morgan fingerprint density at radius 2 is 1.40 bits per heavy atom. The van der Waals surface area contributed by atoms with E-state index in [4.69, 9.17) is 23.7 Å². The SMILES string of the molecule is CC(=O)O[C@H]1C(=O)[C@@]2(C)C([C@@H](OC(=O)c3ccccc3)[C@]3(O)C[C@@H](OC(=O)[C@@H](O)[C@@H](NC(=O)c4ccccc4)c4ccccc4)C(C)=C1C3(C)C)[C@]1(OC(C)=O)CO[C@@H]1C[C@@H]2O. The lowest BCUT2D eigenvalue weighted by atomic mass is 9.44. The third-order valence-corrected chi connectivity index (χ3v) is 13.5. The van der Waals surface area contributed by atoms with E-state index in [9.17, 15) is 39.3 Å². The Morgan fingerprint density at radius 3 is 1.95 bits per heavy atom. The van der Waals surface area contributed by atoms with Crippen LogP contribution in [0.15, 0.2) is 102 Å². The van der Waals surface area contributed by atoms with Crippen LogP contribution >= 0.6 is 0 Å². The van der Waals surface area contributed by atoms with Crippen molar-refractivity contribution in [3.8, 4) is 0 Å². The molecule has 4 aliphatic rings. The Bertz CT molecular complexity index is 2280. The van der Waals surface area contributed by atoms with Crippen molar-refractivity contribution in [3.63, 3.8) is 0 Å². The normalized spacial score (nSPS) is 31.9. The lowest BCUT2D eigenvalue weighted by molar-refractivity contribution is -0.346. The second kappa shape index (κ2) is 16.5. The molecule has 15 heteroatoms. The summed E-state index contributed by atoms with van der Waals surface area (Å²) in [7, 11) is 0. The first-order valence-corrected chi connectivity index (χ1v) is 20.5. The molecule has 15 nitrogen and oxygen atoms in total. The number of hydrogen-bond acceptors (Lipinski definition) is 14. The van der Waals surface area contributed by atoms with E-state index >= 15 is 4.79 Å².